The average molecular weight is 440 g/mol. The quantitative estimate of drug-likeness (QED) is 0.373. The van der Waals surface area contributed by atoms with E-state index in [4.69, 9.17) is 4.74 Å². The fourth-order valence-electron chi connectivity index (χ4n) is 4.05. The molecule has 0 radical (unpaired) electrons. The summed E-state index contributed by atoms with van der Waals surface area (Å²) in [7, 11) is 0. The number of hydrogen-bond acceptors (Lipinski definition) is 5. The van der Waals surface area contributed by atoms with Gasteiger partial charge >= 0.3 is 0 Å². The Hall–Kier alpha value is -3.77. The van der Waals surface area contributed by atoms with Crippen molar-refractivity contribution in [1.82, 2.24) is 15.5 Å². The van der Waals surface area contributed by atoms with E-state index in [0.717, 1.165) is 60.3 Å². The van der Waals surface area contributed by atoms with Crippen LogP contribution in [0.25, 0.3) is 11.3 Å². The zero-order chi connectivity index (χ0) is 22.5. The smallest absolute Gasteiger partial charge is 0.152 e. The number of ether oxygens (including phenoxy) is 1. The van der Waals surface area contributed by atoms with Gasteiger partial charge in [0.2, 0.25) is 0 Å². The van der Waals surface area contributed by atoms with Gasteiger partial charge in [-0.3, -0.25) is 5.10 Å². The van der Waals surface area contributed by atoms with Crippen LogP contribution < -0.4 is 20.3 Å². The maximum Gasteiger partial charge on any atom is 0.152 e. The van der Waals surface area contributed by atoms with E-state index in [0.29, 0.717) is 6.61 Å². The third-order valence-electron chi connectivity index (χ3n) is 5.95. The minimum atomic E-state index is 0.561. The number of rotatable bonds is 7. The lowest BCUT2D eigenvalue weighted by molar-refractivity contribution is 0.306. The van der Waals surface area contributed by atoms with Crippen LogP contribution in [-0.4, -0.2) is 36.4 Å². The van der Waals surface area contributed by atoms with Crippen molar-refractivity contribution in [3.63, 3.8) is 0 Å². The summed E-state index contributed by atoms with van der Waals surface area (Å²) in [4.78, 5) is 2.42. The summed E-state index contributed by atoms with van der Waals surface area (Å²) in [5.41, 5.74) is 6.72. The number of anilines is 3. The maximum absolute atomic E-state index is 5.89. The second-order valence-electron chi connectivity index (χ2n) is 8.33. The van der Waals surface area contributed by atoms with E-state index in [1.54, 1.807) is 0 Å². The largest absolute Gasteiger partial charge is 0.489 e. The SMILES string of the molecule is Cc1cc(N2CCNCC2)ccc1Nc1cc(-c2ccc(OCc3ccccc3)cc2)[nH]n1. The van der Waals surface area contributed by atoms with Crippen molar-refractivity contribution in [2.24, 2.45) is 0 Å². The Labute approximate surface area is 194 Å². The Kier molecular flexibility index (Phi) is 6.26. The number of nitrogens with zero attached hydrogens (tertiary/aromatic N) is 2. The summed E-state index contributed by atoms with van der Waals surface area (Å²) in [6.45, 7) is 6.86. The molecular weight excluding hydrogens is 410 g/mol. The van der Waals surface area contributed by atoms with Crippen molar-refractivity contribution in [1.29, 1.82) is 0 Å². The number of piperazine rings is 1. The van der Waals surface area contributed by atoms with Crippen molar-refractivity contribution >= 4 is 17.2 Å². The molecule has 1 saturated heterocycles. The average Bonchev–Trinajstić information content (AvgIpc) is 3.34. The van der Waals surface area contributed by atoms with Gasteiger partial charge in [0, 0.05) is 43.6 Å². The highest BCUT2D eigenvalue weighted by molar-refractivity contribution is 5.69. The normalized spacial score (nSPS) is 13.7. The van der Waals surface area contributed by atoms with Gasteiger partial charge in [-0.2, -0.15) is 5.10 Å². The predicted octanol–water partition coefficient (Wildman–Crippen LogP) is 5.12. The van der Waals surface area contributed by atoms with Crippen LogP contribution in [0.15, 0.2) is 78.9 Å². The molecule has 3 N–H and O–H groups in total. The fraction of sp³-hybridized carbons (Fsp3) is 0.222. The molecule has 1 aliphatic rings. The zero-order valence-electron chi connectivity index (χ0n) is 18.8. The van der Waals surface area contributed by atoms with Gasteiger partial charge in [-0.05, 0) is 66.1 Å². The molecule has 0 aliphatic carbocycles. The first kappa shape index (κ1) is 21.1. The van der Waals surface area contributed by atoms with E-state index in [1.807, 2.05) is 48.5 Å². The number of H-pyrrole nitrogens is 1. The van der Waals surface area contributed by atoms with Crippen LogP contribution in [-0.2, 0) is 6.61 Å². The van der Waals surface area contributed by atoms with Gasteiger partial charge in [-0.25, -0.2) is 0 Å². The van der Waals surface area contributed by atoms with Crippen LogP contribution in [0.1, 0.15) is 11.1 Å². The summed E-state index contributed by atoms with van der Waals surface area (Å²) < 4.78 is 5.89. The van der Waals surface area contributed by atoms with Crippen molar-refractivity contribution in [2.45, 2.75) is 13.5 Å². The van der Waals surface area contributed by atoms with Gasteiger partial charge < -0.3 is 20.3 Å². The molecule has 0 unspecified atom stereocenters. The Bertz CT molecular complexity index is 1180. The van der Waals surface area contributed by atoms with E-state index < -0.39 is 0 Å². The predicted molar refractivity (Wildman–Crippen MR) is 134 cm³/mol. The molecule has 6 nitrogen and oxygen atoms in total. The molecule has 3 aromatic carbocycles. The van der Waals surface area contributed by atoms with Gasteiger partial charge in [0.15, 0.2) is 5.82 Å². The van der Waals surface area contributed by atoms with Crippen LogP contribution in [0.3, 0.4) is 0 Å². The third-order valence-corrected chi connectivity index (χ3v) is 5.95. The first-order valence-electron chi connectivity index (χ1n) is 11.4. The first-order chi connectivity index (χ1) is 16.2. The molecule has 6 heteroatoms. The molecule has 33 heavy (non-hydrogen) atoms. The lowest BCUT2D eigenvalue weighted by Gasteiger charge is -2.30. The van der Waals surface area contributed by atoms with Gasteiger partial charge in [-0.1, -0.05) is 30.3 Å². The molecule has 1 aromatic heterocycles. The number of aryl methyl sites for hydroxylation is 1. The maximum atomic E-state index is 5.89. The van der Waals surface area contributed by atoms with Crippen molar-refractivity contribution < 1.29 is 4.74 Å². The Morgan fingerprint density at radius 2 is 1.73 bits per heavy atom. The van der Waals surface area contributed by atoms with Crippen LogP contribution in [0.5, 0.6) is 5.75 Å². The third kappa shape index (κ3) is 5.18. The van der Waals surface area contributed by atoms with E-state index in [9.17, 15) is 0 Å². The van der Waals surface area contributed by atoms with Crippen LogP contribution in [0, 0.1) is 6.92 Å². The summed E-state index contributed by atoms with van der Waals surface area (Å²) >= 11 is 0. The van der Waals surface area contributed by atoms with Crippen molar-refractivity contribution in [3.8, 4) is 17.0 Å². The Balaban J connectivity index is 1.22. The Morgan fingerprint density at radius 1 is 0.939 bits per heavy atom. The minimum absolute atomic E-state index is 0.561. The molecule has 1 aliphatic heterocycles. The summed E-state index contributed by atoms with van der Waals surface area (Å²) in [5.74, 6) is 1.65. The van der Waals surface area contributed by atoms with Crippen molar-refractivity contribution in [2.75, 3.05) is 36.4 Å². The molecule has 168 valence electrons. The van der Waals surface area contributed by atoms with Gasteiger partial charge in [0.05, 0.1) is 5.69 Å². The molecule has 0 saturated carbocycles. The monoisotopic (exact) mass is 439 g/mol. The molecule has 0 spiro atoms. The van der Waals surface area contributed by atoms with Gasteiger partial charge in [-0.15, -0.1) is 0 Å². The molecular formula is C27H29N5O. The minimum Gasteiger partial charge on any atom is -0.489 e. The lowest BCUT2D eigenvalue weighted by atomic mass is 10.1. The van der Waals surface area contributed by atoms with E-state index in [1.165, 1.54) is 11.3 Å². The zero-order valence-corrected chi connectivity index (χ0v) is 18.8. The molecule has 0 atom stereocenters. The number of aromatic amines is 1. The molecule has 1 fully saturated rings. The number of aromatic nitrogens is 2. The highest BCUT2D eigenvalue weighted by Gasteiger charge is 2.12. The molecule has 0 bridgehead atoms. The number of nitrogens with one attached hydrogen (secondary N) is 3. The second kappa shape index (κ2) is 9.79. The summed E-state index contributed by atoms with van der Waals surface area (Å²) in [5, 5.41) is 14.4. The summed E-state index contributed by atoms with van der Waals surface area (Å²) in [6, 6.07) is 26.9. The molecule has 0 amide bonds. The Morgan fingerprint density at radius 3 is 2.48 bits per heavy atom. The second-order valence-corrected chi connectivity index (χ2v) is 8.33. The topological polar surface area (TPSA) is 65.2 Å². The highest BCUT2D eigenvalue weighted by atomic mass is 16.5. The fourth-order valence-corrected chi connectivity index (χ4v) is 4.05. The van der Waals surface area contributed by atoms with Crippen molar-refractivity contribution in [3.05, 3.63) is 90.0 Å². The van der Waals surface area contributed by atoms with Gasteiger partial charge in [0.1, 0.15) is 12.4 Å². The number of hydrogen-bond donors (Lipinski definition) is 3. The van der Waals surface area contributed by atoms with Gasteiger partial charge in [0.25, 0.3) is 0 Å². The van der Waals surface area contributed by atoms with E-state index >= 15 is 0 Å². The van der Waals surface area contributed by atoms with Crippen LogP contribution >= 0.6 is 0 Å². The molecule has 4 aromatic rings. The molecule has 2 heterocycles. The lowest BCUT2D eigenvalue weighted by Crippen LogP contribution is -2.43. The van der Waals surface area contributed by atoms with E-state index in [-0.39, 0.29) is 0 Å². The summed E-state index contributed by atoms with van der Waals surface area (Å²) in [6.07, 6.45) is 0. The number of benzene rings is 3. The van der Waals surface area contributed by atoms with Crippen LogP contribution in [0.4, 0.5) is 17.2 Å². The highest BCUT2D eigenvalue weighted by Crippen LogP contribution is 2.28. The standard InChI is InChI=1S/C27H29N5O/c1-20-17-23(32-15-13-28-14-16-32)9-12-25(20)29-27-18-26(30-31-27)22-7-10-24(11-8-22)33-19-21-5-3-2-4-6-21/h2-12,17-18,28H,13-16,19H2,1H3,(H2,29,30,31). The first-order valence-corrected chi connectivity index (χ1v) is 11.4. The van der Waals surface area contributed by atoms with Crippen LogP contribution in [0.2, 0.25) is 0 Å². The molecule has 5 rings (SSSR count). The van der Waals surface area contributed by atoms with E-state index in [2.05, 4.69) is 63.0 Å².